The van der Waals surface area contributed by atoms with E-state index in [1.807, 2.05) is 24.3 Å². The van der Waals surface area contributed by atoms with Gasteiger partial charge in [0.25, 0.3) is 0 Å². The first-order valence-electron chi connectivity index (χ1n) is 20.8. The summed E-state index contributed by atoms with van der Waals surface area (Å²) in [6.45, 7) is 0. The van der Waals surface area contributed by atoms with Gasteiger partial charge in [0.2, 0.25) is 0 Å². The summed E-state index contributed by atoms with van der Waals surface area (Å²) in [4.78, 5) is 8.53. The Morgan fingerprint density at radius 2 is 0.790 bits per heavy atom. The van der Waals surface area contributed by atoms with Crippen molar-refractivity contribution in [3.63, 3.8) is 0 Å². The van der Waals surface area contributed by atoms with Gasteiger partial charge in [0.1, 0.15) is 27.2 Å². The van der Waals surface area contributed by atoms with Gasteiger partial charge in [-0.05, 0) is 113 Å². The molecule has 9 aromatic carbocycles. The van der Waals surface area contributed by atoms with E-state index in [-0.39, 0.29) is 0 Å². The van der Waals surface area contributed by atoms with Crippen LogP contribution >= 0.6 is 11.3 Å². The first-order valence-corrected chi connectivity index (χ1v) is 21.7. The molecule has 0 saturated heterocycles. The predicted molar refractivity (Wildman–Crippen MR) is 260 cm³/mol. The van der Waals surface area contributed by atoms with Gasteiger partial charge in [-0.3, -0.25) is 0 Å². The summed E-state index contributed by atoms with van der Waals surface area (Å²) in [5.41, 5.74) is 14.6. The lowest BCUT2D eigenvalue weighted by atomic mass is 9.96. The normalized spacial score (nSPS) is 11.9. The second-order valence-corrected chi connectivity index (χ2v) is 16.9. The van der Waals surface area contributed by atoms with Crippen LogP contribution in [0.3, 0.4) is 0 Å². The Morgan fingerprint density at radius 1 is 0.355 bits per heavy atom. The van der Waals surface area contributed by atoms with Crippen molar-refractivity contribution in [1.29, 1.82) is 0 Å². The molecule has 0 unspecified atom stereocenters. The smallest absolute Gasteiger partial charge is 0.136 e. The molecular formula is C57H34N2O2S. The largest absolute Gasteiger partial charge is 0.456 e. The van der Waals surface area contributed by atoms with E-state index < -0.39 is 0 Å². The summed E-state index contributed by atoms with van der Waals surface area (Å²) in [5.74, 6) is 0. The van der Waals surface area contributed by atoms with E-state index in [1.165, 1.54) is 21.0 Å². The van der Waals surface area contributed by atoms with Crippen LogP contribution in [-0.2, 0) is 0 Å². The minimum atomic E-state index is 0.892. The third-order valence-electron chi connectivity index (χ3n) is 12.3. The van der Waals surface area contributed by atoms with E-state index in [0.717, 1.165) is 104 Å². The summed E-state index contributed by atoms with van der Waals surface area (Å²) >= 11 is 1.76. The van der Waals surface area contributed by atoms with Crippen molar-refractivity contribution >= 4 is 103 Å². The number of nitrogens with zero attached hydrogens (tertiary/aromatic N) is 2. The molecule has 0 spiro atoms. The highest BCUT2D eigenvalue weighted by Gasteiger charge is 2.19. The Kier molecular flexibility index (Phi) is 7.74. The number of thiophene rings is 1. The second kappa shape index (κ2) is 13.8. The van der Waals surface area contributed by atoms with Crippen LogP contribution in [0.1, 0.15) is 0 Å². The van der Waals surface area contributed by atoms with Gasteiger partial charge >= 0.3 is 0 Å². The van der Waals surface area contributed by atoms with Gasteiger partial charge in [0, 0.05) is 65.0 Å². The van der Waals surface area contributed by atoms with E-state index in [1.54, 1.807) is 11.3 Å². The van der Waals surface area contributed by atoms with Gasteiger partial charge < -0.3 is 13.7 Å². The van der Waals surface area contributed by atoms with E-state index in [0.29, 0.717) is 0 Å². The number of para-hydroxylation sites is 3. The summed E-state index contributed by atoms with van der Waals surface area (Å²) < 4.78 is 13.8. The van der Waals surface area contributed by atoms with Gasteiger partial charge in [-0.15, -0.1) is 11.3 Å². The Labute approximate surface area is 360 Å². The van der Waals surface area contributed by atoms with E-state index in [2.05, 4.69) is 187 Å². The van der Waals surface area contributed by atoms with Crippen LogP contribution in [0.25, 0.3) is 108 Å². The first-order chi connectivity index (χ1) is 30.7. The van der Waals surface area contributed by atoms with Crippen molar-refractivity contribution < 1.29 is 8.83 Å². The fraction of sp³-hybridized carbons (Fsp3) is 0. The number of rotatable bonds is 6. The maximum Gasteiger partial charge on any atom is 0.136 e. The number of anilines is 3. The molecule has 0 N–H and O–H groups in total. The molecule has 290 valence electrons. The molecule has 0 saturated carbocycles. The molecule has 0 bridgehead atoms. The van der Waals surface area contributed by atoms with Crippen LogP contribution in [0.15, 0.2) is 215 Å². The average molecular weight is 811 g/mol. The van der Waals surface area contributed by atoms with E-state index >= 15 is 0 Å². The molecule has 0 radical (unpaired) electrons. The molecule has 0 fully saturated rings. The van der Waals surface area contributed by atoms with Crippen LogP contribution in [0, 0.1) is 0 Å². The number of aromatic nitrogens is 1. The topological polar surface area (TPSA) is 42.4 Å². The molecule has 62 heavy (non-hydrogen) atoms. The monoisotopic (exact) mass is 810 g/mol. The van der Waals surface area contributed by atoms with Gasteiger partial charge in [0.15, 0.2) is 0 Å². The predicted octanol–water partition coefficient (Wildman–Crippen LogP) is 16.9. The number of hydrogen-bond donors (Lipinski definition) is 0. The third-order valence-corrected chi connectivity index (χ3v) is 13.4. The van der Waals surface area contributed by atoms with Gasteiger partial charge in [-0.25, -0.2) is 4.98 Å². The molecule has 0 aliphatic heterocycles. The summed E-state index contributed by atoms with van der Waals surface area (Å²) in [6.07, 6.45) is 0. The highest BCUT2D eigenvalue weighted by molar-refractivity contribution is 7.25. The van der Waals surface area contributed by atoms with Crippen molar-refractivity contribution in [2.24, 2.45) is 0 Å². The SMILES string of the molecule is c1ccc2c(-c3ccc(N(c4ccc(-c5ccc6c(c5)oc5ccccc56)cc4)c4ccc(-c5ccc6c(c5)oc5ccccc56)cc4)cc3)c3c(nc2c1)sc1ccccc13. The molecule has 4 nitrogen and oxygen atoms in total. The molecule has 5 heteroatoms. The zero-order chi connectivity index (χ0) is 40.7. The van der Waals surface area contributed by atoms with Crippen molar-refractivity contribution in [1.82, 2.24) is 4.98 Å². The number of pyridine rings is 1. The average Bonchev–Trinajstić information content (AvgIpc) is 4.02. The molecule has 4 heterocycles. The van der Waals surface area contributed by atoms with Crippen LogP contribution < -0.4 is 4.90 Å². The van der Waals surface area contributed by atoms with E-state index in [9.17, 15) is 0 Å². The lowest BCUT2D eigenvalue weighted by molar-refractivity contribution is 0.668. The Hall–Kier alpha value is -7.99. The van der Waals surface area contributed by atoms with E-state index in [4.69, 9.17) is 13.8 Å². The van der Waals surface area contributed by atoms with Crippen molar-refractivity contribution in [3.05, 3.63) is 206 Å². The fourth-order valence-electron chi connectivity index (χ4n) is 9.32. The highest BCUT2D eigenvalue weighted by atomic mass is 32.1. The number of benzene rings is 9. The summed E-state index contributed by atoms with van der Waals surface area (Å²) in [5, 5.41) is 8.14. The van der Waals surface area contributed by atoms with Crippen molar-refractivity contribution in [2.45, 2.75) is 0 Å². The Morgan fingerprint density at radius 3 is 1.35 bits per heavy atom. The van der Waals surface area contributed by atoms with Crippen LogP contribution in [0.5, 0.6) is 0 Å². The quantitative estimate of drug-likeness (QED) is 0.168. The summed E-state index contributed by atoms with van der Waals surface area (Å²) in [7, 11) is 0. The minimum absolute atomic E-state index is 0.892. The second-order valence-electron chi connectivity index (χ2n) is 15.9. The standard InChI is InChI=1S/C57H34N2O2S/c1-5-13-49-47(11-1)55(56-48-12-4-8-16-54(48)62-57(56)58-49)37-21-29-42(30-22-37)59(40-25-17-35(18-26-40)38-23-31-45-43-9-2-6-14-50(43)60-52(45)33-38)41-27-19-36(20-28-41)39-24-32-46-44-10-3-7-15-51(44)61-53(46)34-39/h1-34H. The van der Waals surface area contributed by atoms with Gasteiger partial charge in [0.05, 0.1) is 5.52 Å². The molecule has 0 amide bonds. The Balaban J connectivity index is 0.914. The lowest BCUT2D eigenvalue weighted by Crippen LogP contribution is -2.09. The first kappa shape index (κ1) is 34.8. The maximum absolute atomic E-state index is 6.26. The van der Waals surface area contributed by atoms with Gasteiger partial charge in [-0.2, -0.15) is 0 Å². The fourth-order valence-corrected chi connectivity index (χ4v) is 10.4. The van der Waals surface area contributed by atoms with Crippen molar-refractivity contribution in [3.8, 4) is 33.4 Å². The molecule has 13 aromatic rings. The van der Waals surface area contributed by atoms with Crippen LogP contribution in [0.2, 0.25) is 0 Å². The lowest BCUT2D eigenvalue weighted by Gasteiger charge is -2.26. The molecule has 13 rings (SSSR count). The number of furan rings is 2. The van der Waals surface area contributed by atoms with Crippen LogP contribution in [0.4, 0.5) is 17.1 Å². The zero-order valence-corrected chi connectivity index (χ0v) is 34.1. The van der Waals surface area contributed by atoms with Gasteiger partial charge in [-0.1, -0.05) is 121 Å². The minimum Gasteiger partial charge on any atom is -0.456 e. The molecule has 0 atom stereocenters. The molecule has 0 aliphatic carbocycles. The highest BCUT2D eigenvalue weighted by Crippen LogP contribution is 2.45. The zero-order valence-electron chi connectivity index (χ0n) is 33.2. The number of fused-ring (bicyclic) bond motifs is 10. The molecular weight excluding hydrogens is 777 g/mol. The number of hydrogen-bond acceptors (Lipinski definition) is 5. The Bertz CT molecular complexity index is 3700. The molecule has 4 aromatic heterocycles. The maximum atomic E-state index is 6.26. The van der Waals surface area contributed by atoms with Crippen LogP contribution in [-0.4, -0.2) is 4.98 Å². The third kappa shape index (κ3) is 5.56. The summed E-state index contributed by atoms with van der Waals surface area (Å²) in [6, 6.07) is 73.3. The van der Waals surface area contributed by atoms with Crippen molar-refractivity contribution in [2.75, 3.05) is 4.90 Å². The molecule has 0 aliphatic rings.